The summed E-state index contributed by atoms with van der Waals surface area (Å²) >= 11 is 0. The van der Waals surface area contributed by atoms with Crippen LogP contribution in [0.4, 0.5) is 11.8 Å². The summed E-state index contributed by atoms with van der Waals surface area (Å²) in [6.07, 6.45) is 8.64. The number of hydrogen-bond acceptors (Lipinski definition) is 10. The first kappa shape index (κ1) is 24.2. The van der Waals surface area contributed by atoms with E-state index in [4.69, 9.17) is 14.8 Å². The molecule has 4 N–H and O–H groups in total. The summed E-state index contributed by atoms with van der Waals surface area (Å²) in [6.45, 7) is -0.202. The van der Waals surface area contributed by atoms with Crippen molar-refractivity contribution in [2.75, 3.05) is 31.3 Å². The summed E-state index contributed by atoms with van der Waals surface area (Å²) in [6, 6.07) is 9.00. The summed E-state index contributed by atoms with van der Waals surface area (Å²) in [5, 5.41) is 5.94. The Labute approximate surface area is 207 Å². The number of carbonyl (C=O) groups excluding carboxylic acids is 1. The van der Waals surface area contributed by atoms with Crippen LogP contribution in [0.3, 0.4) is 0 Å². The van der Waals surface area contributed by atoms with Gasteiger partial charge in [0, 0.05) is 12.0 Å². The highest BCUT2D eigenvalue weighted by Crippen LogP contribution is 2.45. The van der Waals surface area contributed by atoms with Crippen LogP contribution in [0.1, 0.15) is 25.3 Å². The van der Waals surface area contributed by atoms with Gasteiger partial charge in [0.1, 0.15) is 12.3 Å². The van der Waals surface area contributed by atoms with Crippen molar-refractivity contribution < 1.29 is 23.1 Å². The molecule has 190 valence electrons. The van der Waals surface area contributed by atoms with Crippen LogP contribution in [-0.4, -0.2) is 51.8 Å². The van der Waals surface area contributed by atoms with Crippen molar-refractivity contribution in [3.8, 4) is 5.75 Å². The normalized spacial score (nSPS) is 20.8. The Bertz CT molecular complexity index is 1310. The highest BCUT2D eigenvalue weighted by Gasteiger charge is 2.31. The Morgan fingerprint density at radius 1 is 1.22 bits per heavy atom. The molecule has 12 nitrogen and oxygen atoms in total. The van der Waals surface area contributed by atoms with Gasteiger partial charge in [-0.3, -0.25) is 9.32 Å². The van der Waals surface area contributed by atoms with Gasteiger partial charge >= 0.3 is 13.7 Å². The van der Waals surface area contributed by atoms with Gasteiger partial charge in [-0.25, -0.2) is 14.6 Å². The van der Waals surface area contributed by atoms with E-state index in [-0.39, 0.29) is 31.1 Å². The van der Waals surface area contributed by atoms with Crippen molar-refractivity contribution in [1.29, 1.82) is 0 Å². The van der Waals surface area contributed by atoms with Gasteiger partial charge < -0.3 is 24.9 Å². The molecule has 3 aromatic rings. The lowest BCUT2D eigenvalue weighted by Gasteiger charge is -2.21. The second kappa shape index (κ2) is 10.3. The van der Waals surface area contributed by atoms with E-state index < -0.39 is 13.7 Å². The van der Waals surface area contributed by atoms with E-state index >= 15 is 0 Å². The van der Waals surface area contributed by atoms with E-state index in [1.807, 2.05) is 22.8 Å². The molecule has 2 aromatic heterocycles. The van der Waals surface area contributed by atoms with Gasteiger partial charge in [0.25, 0.3) is 0 Å². The van der Waals surface area contributed by atoms with Gasteiger partial charge in [-0.2, -0.15) is 9.97 Å². The zero-order valence-corrected chi connectivity index (χ0v) is 20.6. The average Bonchev–Trinajstić information content (AvgIpc) is 3.39. The van der Waals surface area contributed by atoms with E-state index in [0.29, 0.717) is 35.2 Å². The van der Waals surface area contributed by atoms with Gasteiger partial charge in [0.2, 0.25) is 5.95 Å². The molecule has 1 saturated carbocycles. The Morgan fingerprint density at radius 3 is 2.78 bits per heavy atom. The second-order valence-electron chi connectivity index (χ2n) is 8.73. The molecule has 0 aliphatic heterocycles. The number of allylic oxidation sites excluding steroid dienone is 1. The maximum Gasteiger partial charge on any atom is 0.459 e. The number of para-hydroxylation sites is 1. The molecule has 1 unspecified atom stereocenters. The number of benzene rings is 1. The first-order chi connectivity index (χ1) is 17.4. The van der Waals surface area contributed by atoms with Crippen LogP contribution in [0.15, 0.2) is 48.8 Å². The second-order valence-corrected chi connectivity index (χ2v) is 10.5. The number of rotatable bonds is 11. The summed E-state index contributed by atoms with van der Waals surface area (Å²) in [4.78, 5) is 24.9. The number of esters is 1. The van der Waals surface area contributed by atoms with Crippen LogP contribution in [0.2, 0.25) is 0 Å². The van der Waals surface area contributed by atoms with Crippen molar-refractivity contribution in [2.45, 2.75) is 31.3 Å². The minimum absolute atomic E-state index is 0.0378. The number of hydrogen-bond donors (Lipinski definition) is 3. The fraction of sp³-hybridized carbons (Fsp3) is 0.391. The monoisotopic (exact) mass is 513 g/mol. The third kappa shape index (κ3) is 5.67. The lowest BCUT2D eigenvalue weighted by Crippen LogP contribution is -2.25. The number of ether oxygens (including phenoxy) is 1. The predicted octanol–water partition coefficient (Wildman–Crippen LogP) is 3.07. The van der Waals surface area contributed by atoms with Crippen LogP contribution < -0.4 is 20.7 Å². The van der Waals surface area contributed by atoms with Crippen LogP contribution in [0.25, 0.3) is 11.2 Å². The van der Waals surface area contributed by atoms with Gasteiger partial charge in [-0.1, -0.05) is 30.4 Å². The van der Waals surface area contributed by atoms with E-state index in [9.17, 15) is 9.36 Å². The number of nitrogens with two attached hydrogens (primary N) is 1. The van der Waals surface area contributed by atoms with E-state index in [1.54, 1.807) is 30.6 Å². The standard InChI is InChI=1S/C23H28N7O5P/c1-33-19(31)12-26-36(32,35-18-5-3-2-4-6-18)34-13-15-7-10-17(11-15)30-14-25-20-21(27-16-8-9-16)28-23(24)29-22(20)30/h2-7,10,14-17H,8-9,11-13H2,1H3,(H,26,32)(H3,24,27,28,29)/t15-,17+,36?/m1/s1. The van der Waals surface area contributed by atoms with Crippen LogP contribution in [-0.2, 0) is 18.6 Å². The fourth-order valence-corrected chi connectivity index (χ4v) is 5.25. The molecule has 1 aromatic carbocycles. The molecular formula is C23H28N7O5P. The molecule has 3 atom stereocenters. The smallest absolute Gasteiger partial charge is 0.459 e. The number of fused-ring (bicyclic) bond motifs is 1. The van der Waals surface area contributed by atoms with Gasteiger partial charge in [0.15, 0.2) is 17.0 Å². The average molecular weight is 513 g/mol. The fourth-order valence-electron chi connectivity index (χ4n) is 3.93. The molecule has 36 heavy (non-hydrogen) atoms. The quantitative estimate of drug-likeness (QED) is 0.197. The van der Waals surface area contributed by atoms with Crippen LogP contribution >= 0.6 is 7.75 Å². The van der Waals surface area contributed by atoms with Crippen LogP contribution in [0.5, 0.6) is 5.75 Å². The third-order valence-corrected chi connectivity index (χ3v) is 7.42. The summed E-state index contributed by atoms with van der Waals surface area (Å²) in [5.74, 6) is 0.556. The Hall–Kier alpha value is -3.47. The SMILES string of the molecule is COC(=O)CNP(=O)(OC[C@@H]1C=C[C@H](n2cnc3c(NC4CC4)nc(N)nc32)C1)Oc1ccccc1. The number of nitrogens with one attached hydrogen (secondary N) is 2. The molecule has 5 rings (SSSR count). The number of anilines is 2. The maximum atomic E-state index is 13.4. The van der Waals surface area contributed by atoms with Gasteiger partial charge in [-0.05, 0) is 31.4 Å². The minimum Gasteiger partial charge on any atom is -0.468 e. The summed E-state index contributed by atoms with van der Waals surface area (Å²) < 4.78 is 31.3. The van der Waals surface area contributed by atoms with Crippen molar-refractivity contribution in [3.05, 3.63) is 48.8 Å². The Morgan fingerprint density at radius 2 is 2.03 bits per heavy atom. The van der Waals surface area contributed by atoms with E-state index in [0.717, 1.165) is 12.8 Å². The highest BCUT2D eigenvalue weighted by atomic mass is 31.2. The zero-order valence-electron chi connectivity index (χ0n) is 19.7. The Kier molecular flexibility index (Phi) is 6.90. The van der Waals surface area contributed by atoms with E-state index in [1.165, 1.54) is 7.11 Å². The molecule has 1 fully saturated rings. The zero-order chi connectivity index (χ0) is 25.1. The van der Waals surface area contributed by atoms with Gasteiger partial charge in [0.05, 0.1) is 26.1 Å². The number of methoxy groups -OCH3 is 1. The first-order valence-corrected chi connectivity index (χ1v) is 13.2. The van der Waals surface area contributed by atoms with Gasteiger partial charge in [-0.15, -0.1) is 0 Å². The molecule has 13 heteroatoms. The molecular weight excluding hydrogens is 485 g/mol. The highest BCUT2D eigenvalue weighted by molar-refractivity contribution is 7.52. The number of imidazole rings is 1. The first-order valence-electron chi connectivity index (χ1n) is 11.7. The molecule has 2 aliphatic carbocycles. The Balaban J connectivity index is 1.26. The minimum atomic E-state index is -3.85. The topological polar surface area (TPSA) is 156 Å². The van der Waals surface area contributed by atoms with E-state index in [2.05, 4.69) is 30.1 Å². The molecule has 0 amide bonds. The largest absolute Gasteiger partial charge is 0.468 e. The summed E-state index contributed by atoms with van der Waals surface area (Å²) in [5.41, 5.74) is 7.30. The van der Waals surface area contributed by atoms with Crippen molar-refractivity contribution in [1.82, 2.24) is 24.6 Å². The van der Waals surface area contributed by atoms with Crippen molar-refractivity contribution in [2.24, 2.45) is 5.92 Å². The predicted molar refractivity (Wildman–Crippen MR) is 133 cm³/mol. The number of nitrogens with zero attached hydrogens (tertiary/aromatic N) is 4. The molecule has 2 heterocycles. The number of nitrogen functional groups attached to an aromatic ring is 1. The number of aromatic nitrogens is 4. The summed E-state index contributed by atoms with van der Waals surface area (Å²) in [7, 11) is -2.60. The molecule has 0 saturated heterocycles. The number of carbonyl (C=O) groups is 1. The van der Waals surface area contributed by atoms with Crippen LogP contribution in [0, 0.1) is 5.92 Å². The lowest BCUT2D eigenvalue weighted by molar-refractivity contribution is -0.139. The molecule has 0 bridgehead atoms. The third-order valence-electron chi connectivity index (χ3n) is 5.94. The molecule has 0 spiro atoms. The van der Waals surface area contributed by atoms with Crippen molar-refractivity contribution >= 4 is 36.6 Å². The molecule has 0 radical (unpaired) electrons. The maximum absolute atomic E-state index is 13.4. The lowest BCUT2D eigenvalue weighted by atomic mass is 10.1. The van der Waals surface area contributed by atoms with Crippen molar-refractivity contribution in [3.63, 3.8) is 0 Å². The molecule has 2 aliphatic rings.